The van der Waals surface area contributed by atoms with Crippen molar-refractivity contribution in [2.45, 2.75) is 33.6 Å². The molecule has 4 nitrogen and oxygen atoms in total. The average molecular weight is 241 g/mol. The number of nitrogens with two attached hydrogens (primary N) is 1. The maximum atomic E-state index is 12.0. The summed E-state index contributed by atoms with van der Waals surface area (Å²) in [4.78, 5) is 14.5. The Morgan fingerprint density at radius 1 is 1.53 bits per heavy atom. The Bertz CT molecular complexity index is 251. The molecule has 0 aromatic rings. The van der Waals surface area contributed by atoms with Crippen LogP contribution < -0.4 is 11.1 Å². The summed E-state index contributed by atoms with van der Waals surface area (Å²) in [7, 11) is 0. The Balaban J connectivity index is 2.34. The molecule has 2 unspecified atom stereocenters. The van der Waals surface area contributed by atoms with Gasteiger partial charge in [-0.15, -0.1) is 0 Å². The number of carbonyl (C=O) groups excluding carboxylic acids is 1. The van der Waals surface area contributed by atoms with E-state index in [0.29, 0.717) is 12.5 Å². The topological polar surface area (TPSA) is 58.4 Å². The van der Waals surface area contributed by atoms with E-state index in [9.17, 15) is 4.79 Å². The molecule has 0 aromatic carbocycles. The van der Waals surface area contributed by atoms with Crippen LogP contribution in [0.15, 0.2) is 0 Å². The van der Waals surface area contributed by atoms with Gasteiger partial charge in [0.1, 0.15) is 0 Å². The zero-order valence-electron chi connectivity index (χ0n) is 11.5. The minimum absolute atomic E-state index is 0.109. The molecule has 0 spiro atoms. The van der Waals surface area contributed by atoms with Crippen LogP contribution in [-0.4, -0.2) is 43.5 Å². The Labute approximate surface area is 105 Å². The monoisotopic (exact) mass is 241 g/mol. The molecule has 2 atom stereocenters. The van der Waals surface area contributed by atoms with Crippen molar-refractivity contribution in [1.82, 2.24) is 10.2 Å². The SMILES string of the molecule is CCN1CCC(CNC(=O)C(C)(CC)CN)C1. The fraction of sp³-hybridized carbons (Fsp3) is 0.923. The zero-order valence-corrected chi connectivity index (χ0v) is 11.5. The van der Waals surface area contributed by atoms with Gasteiger partial charge in [-0.2, -0.15) is 0 Å². The Hall–Kier alpha value is -0.610. The molecule has 0 aliphatic carbocycles. The highest BCUT2D eigenvalue weighted by Crippen LogP contribution is 2.20. The average Bonchev–Trinajstić information content (AvgIpc) is 2.82. The molecule has 1 fully saturated rings. The van der Waals surface area contributed by atoms with Gasteiger partial charge in [0.15, 0.2) is 0 Å². The second-order valence-corrected chi connectivity index (χ2v) is 5.38. The van der Waals surface area contributed by atoms with Gasteiger partial charge in [0.2, 0.25) is 5.91 Å². The Morgan fingerprint density at radius 2 is 2.24 bits per heavy atom. The van der Waals surface area contributed by atoms with Gasteiger partial charge in [-0.1, -0.05) is 13.8 Å². The Morgan fingerprint density at radius 3 is 2.71 bits per heavy atom. The van der Waals surface area contributed by atoms with Crippen LogP contribution in [0.1, 0.15) is 33.6 Å². The van der Waals surface area contributed by atoms with Gasteiger partial charge in [-0.25, -0.2) is 0 Å². The lowest BCUT2D eigenvalue weighted by atomic mass is 9.86. The predicted octanol–water partition coefficient (Wildman–Crippen LogP) is 0.819. The molecule has 17 heavy (non-hydrogen) atoms. The molecule has 3 N–H and O–H groups in total. The Kier molecular flexibility index (Phi) is 5.40. The minimum atomic E-state index is -0.400. The van der Waals surface area contributed by atoms with Crippen LogP contribution in [0.25, 0.3) is 0 Å². The van der Waals surface area contributed by atoms with E-state index in [1.165, 1.54) is 13.0 Å². The number of amides is 1. The maximum Gasteiger partial charge on any atom is 0.227 e. The molecule has 1 heterocycles. The van der Waals surface area contributed by atoms with E-state index in [-0.39, 0.29) is 5.91 Å². The molecule has 1 aliphatic heterocycles. The maximum absolute atomic E-state index is 12.0. The molecule has 1 saturated heterocycles. The normalized spacial score (nSPS) is 24.6. The van der Waals surface area contributed by atoms with Gasteiger partial charge in [0, 0.05) is 19.6 Å². The van der Waals surface area contributed by atoms with Crippen LogP contribution in [0.4, 0.5) is 0 Å². The molecule has 1 amide bonds. The van der Waals surface area contributed by atoms with E-state index in [0.717, 1.165) is 26.1 Å². The highest BCUT2D eigenvalue weighted by Gasteiger charge is 2.30. The second-order valence-electron chi connectivity index (χ2n) is 5.38. The third-order valence-corrected chi connectivity index (χ3v) is 4.15. The lowest BCUT2D eigenvalue weighted by molar-refractivity contribution is -0.130. The highest BCUT2D eigenvalue weighted by atomic mass is 16.2. The van der Waals surface area contributed by atoms with E-state index < -0.39 is 5.41 Å². The molecule has 1 rings (SSSR count). The number of carbonyl (C=O) groups is 1. The summed E-state index contributed by atoms with van der Waals surface area (Å²) in [5.41, 5.74) is 5.28. The molecular weight excluding hydrogens is 214 g/mol. The van der Waals surface area contributed by atoms with Crippen molar-refractivity contribution in [1.29, 1.82) is 0 Å². The zero-order chi connectivity index (χ0) is 12.9. The summed E-state index contributed by atoms with van der Waals surface area (Å²) in [6, 6.07) is 0. The van der Waals surface area contributed by atoms with Gasteiger partial charge in [0.25, 0.3) is 0 Å². The smallest absolute Gasteiger partial charge is 0.227 e. The van der Waals surface area contributed by atoms with Crippen LogP contribution in [0.3, 0.4) is 0 Å². The van der Waals surface area contributed by atoms with Gasteiger partial charge in [-0.05, 0) is 38.8 Å². The first-order valence-corrected chi connectivity index (χ1v) is 6.76. The van der Waals surface area contributed by atoms with Gasteiger partial charge in [0.05, 0.1) is 5.41 Å². The molecule has 4 heteroatoms. The third kappa shape index (κ3) is 3.68. The van der Waals surface area contributed by atoms with Crippen molar-refractivity contribution in [3.63, 3.8) is 0 Å². The summed E-state index contributed by atoms with van der Waals surface area (Å²) in [5, 5.41) is 3.07. The number of rotatable bonds is 6. The van der Waals surface area contributed by atoms with Crippen LogP contribution in [-0.2, 0) is 4.79 Å². The van der Waals surface area contributed by atoms with Crippen molar-refractivity contribution in [3.05, 3.63) is 0 Å². The number of hydrogen-bond acceptors (Lipinski definition) is 3. The molecule has 0 bridgehead atoms. The van der Waals surface area contributed by atoms with Crippen molar-refractivity contribution < 1.29 is 4.79 Å². The van der Waals surface area contributed by atoms with E-state index >= 15 is 0 Å². The fourth-order valence-corrected chi connectivity index (χ4v) is 2.21. The summed E-state index contributed by atoms with van der Waals surface area (Å²) in [6.07, 6.45) is 1.99. The largest absolute Gasteiger partial charge is 0.355 e. The lowest BCUT2D eigenvalue weighted by Crippen LogP contribution is -2.45. The summed E-state index contributed by atoms with van der Waals surface area (Å²) >= 11 is 0. The number of likely N-dealkylation sites (tertiary alicyclic amines) is 1. The van der Waals surface area contributed by atoms with E-state index in [4.69, 9.17) is 5.73 Å². The molecule has 0 radical (unpaired) electrons. The molecule has 0 aromatic heterocycles. The van der Waals surface area contributed by atoms with Crippen molar-refractivity contribution in [2.24, 2.45) is 17.1 Å². The highest BCUT2D eigenvalue weighted by molar-refractivity contribution is 5.82. The van der Waals surface area contributed by atoms with Crippen LogP contribution >= 0.6 is 0 Å². The summed E-state index contributed by atoms with van der Waals surface area (Å²) in [6.45, 7) is 10.7. The summed E-state index contributed by atoms with van der Waals surface area (Å²) < 4.78 is 0. The van der Waals surface area contributed by atoms with Crippen LogP contribution in [0.2, 0.25) is 0 Å². The molecular formula is C13H27N3O. The van der Waals surface area contributed by atoms with Gasteiger partial charge < -0.3 is 16.0 Å². The van der Waals surface area contributed by atoms with Crippen molar-refractivity contribution in [3.8, 4) is 0 Å². The van der Waals surface area contributed by atoms with E-state index in [1.54, 1.807) is 0 Å². The molecule has 100 valence electrons. The van der Waals surface area contributed by atoms with Gasteiger partial charge in [-0.3, -0.25) is 4.79 Å². The van der Waals surface area contributed by atoms with Crippen molar-refractivity contribution >= 4 is 5.91 Å². The van der Waals surface area contributed by atoms with Crippen LogP contribution in [0.5, 0.6) is 0 Å². The number of nitrogens with zero attached hydrogens (tertiary/aromatic N) is 1. The lowest BCUT2D eigenvalue weighted by Gasteiger charge is -2.25. The fourth-order valence-electron chi connectivity index (χ4n) is 2.21. The van der Waals surface area contributed by atoms with E-state index in [2.05, 4.69) is 17.1 Å². The standard InChI is InChI=1S/C13H27N3O/c1-4-13(3,10-14)12(17)15-8-11-6-7-16(5-2)9-11/h11H,4-10,14H2,1-3H3,(H,15,17). The number of nitrogens with one attached hydrogen (secondary N) is 1. The van der Waals surface area contributed by atoms with Crippen LogP contribution in [0, 0.1) is 11.3 Å². The quantitative estimate of drug-likeness (QED) is 0.724. The molecule has 1 aliphatic rings. The molecule has 0 saturated carbocycles. The minimum Gasteiger partial charge on any atom is -0.355 e. The van der Waals surface area contributed by atoms with Gasteiger partial charge >= 0.3 is 0 Å². The first kappa shape index (κ1) is 14.5. The third-order valence-electron chi connectivity index (χ3n) is 4.15. The first-order valence-electron chi connectivity index (χ1n) is 6.76. The first-order chi connectivity index (χ1) is 8.05. The van der Waals surface area contributed by atoms with E-state index in [1.807, 2.05) is 13.8 Å². The second kappa shape index (κ2) is 6.36. The van der Waals surface area contributed by atoms with Crippen molar-refractivity contribution in [2.75, 3.05) is 32.7 Å². The number of hydrogen-bond donors (Lipinski definition) is 2. The predicted molar refractivity (Wildman–Crippen MR) is 70.7 cm³/mol. The summed E-state index contributed by atoms with van der Waals surface area (Å²) in [5.74, 6) is 0.718.